The quantitative estimate of drug-likeness (QED) is 0.721. The normalized spacial score (nSPS) is 12.0. The molecule has 0 aliphatic heterocycles. The highest BCUT2D eigenvalue weighted by atomic mass is 32.2. The molecule has 1 N–H and O–H groups in total. The fraction of sp³-hybridized carbons (Fsp3) is 0.312. The number of sulfonamides is 1. The zero-order valence-corrected chi connectivity index (χ0v) is 15.0. The molecule has 25 heavy (non-hydrogen) atoms. The molecule has 0 atom stereocenters. The molecule has 132 valence electrons. The van der Waals surface area contributed by atoms with Gasteiger partial charge in [0.25, 0.3) is 10.0 Å². The third-order valence-electron chi connectivity index (χ3n) is 3.64. The Morgan fingerprint density at radius 1 is 1.28 bits per heavy atom. The third kappa shape index (κ3) is 3.62. The second-order valence-electron chi connectivity index (χ2n) is 5.86. The van der Waals surface area contributed by atoms with Crippen molar-refractivity contribution in [1.82, 2.24) is 24.2 Å². The fourth-order valence-electron chi connectivity index (χ4n) is 2.47. The van der Waals surface area contributed by atoms with E-state index < -0.39 is 10.0 Å². The second kappa shape index (κ2) is 6.77. The van der Waals surface area contributed by atoms with Gasteiger partial charge in [0, 0.05) is 31.6 Å². The van der Waals surface area contributed by atoms with Crippen LogP contribution in [0.25, 0.3) is 11.5 Å². The first kappa shape index (κ1) is 17.3. The van der Waals surface area contributed by atoms with E-state index in [4.69, 9.17) is 4.42 Å². The minimum absolute atomic E-state index is 0.0119. The molecule has 8 nitrogen and oxygen atoms in total. The van der Waals surface area contributed by atoms with Crippen molar-refractivity contribution in [3.63, 3.8) is 0 Å². The molecule has 3 rings (SSSR count). The van der Waals surface area contributed by atoms with Crippen molar-refractivity contribution in [2.45, 2.75) is 31.3 Å². The van der Waals surface area contributed by atoms with Gasteiger partial charge >= 0.3 is 0 Å². The van der Waals surface area contributed by atoms with E-state index in [1.54, 1.807) is 23.7 Å². The van der Waals surface area contributed by atoms with Crippen molar-refractivity contribution in [2.75, 3.05) is 0 Å². The number of aromatic nitrogens is 4. The van der Waals surface area contributed by atoms with Crippen LogP contribution in [0.2, 0.25) is 0 Å². The number of nitrogens with one attached hydrogen (secondary N) is 1. The number of hydrogen-bond donors (Lipinski definition) is 1. The van der Waals surface area contributed by atoms with Crippen LogP contribution in [0.1, 0.15) is 31.3 Å². The molecule has 0 saturated heterocycles. The van der Waals surface area contributed by atoms with Crippen LogP contribution in [0.5, 0.6) is 0 Å². The van der Waals surface area contributed by atoms with Gasteiger partial charge < -0.3 is 8.98 Å². The Kier molecular flexibility index (Phi) is 4.69. The van der Waals surface area contributed by atoms with Gasteiger partial charge in [-0.2, -0.15) is 0 Å². The maximum atomic E-state index is 12.5. The van der Waals surface area contributed by atoms with Crippen molar-refractivity contribution in [3.8, 4) is 11.5 Å². The highest BCUT2D eigenvalue weighted by Gasteiger charge is 2.21. The van der Waals surface area contributed by atoms with Gasteiger partial charge in [-0.25, -0.2) is 23.1 Å². The van der Waals surface area contributed by atoms with Gasteiger partial charge in [-0.1, -0.05) is 13.8 Å². The monoisotopic (exact) mass is 361 g/mol. The smallest absolute Gasteiger partial charge is 0.259 e. The van der Waals surface area contributed by atoms with Crippen molar-refractivity contribution in [3.05, 3.63) is 48.5 Å². The van der Waals surface area contributed by atoms with Gasteiger partial charge in [-0.15, -0.1) is 0 Å². The second-order valence-corrected chi connectivity index (χ2v) is 7.57. The van der Waals surface area contributed by atoms with E-state index in [1.165, 1.54) is 24.9 Å². The van der Waals surface area contributed by atoms with Crippen LogP contribution >= 0.6 is 0 Å². The molecule has 0 unspecified atom stereocenters. The van der Waals surface area contributed by atoms with Crippen LogP contribution in [0.3, 0.4) is 0 Å². The number of aryl methyl sites for hydroxylation is 1. The summed E-state index contributed by atoms with van der Waals surface area (Å²) in [5.41, 5.74) is 0.972. The summed E-state index contributed by atoms with van der Waals surface area (Å²) < 4.78 is 34.6. The number of rotatable bonds is 6. The summed E-state index contributed by atoms with van der Waals surface area (Å²) in [5, 5.41) is -0.0119. The summed E-state index contributed by atoms with van der Waals surface area (Å²) in [4.78, 5) is 12.7. The van der Waals surface area contributed by atoms with Crippen molar-refractivity contribution >= 4 is 10.0 Å². The van der Waals surface area contributed by atoms with Crippen molar-refractivity contribution in [2.24, 2.45) is 7.05 Å². The fourth-order valence-corrected chi connectivity index (χ4v) is 3.46. The van der Waals surface area contributed by atoms with Gasteiger partial charge in [-0.05, 0) is 12.1 Å². The van der Waals surface area contributed by atoms with Crippen molar-refractivity contribution < 1.29 is 12.8 Å². The highest BCUT2D eigenvalue weighted by Crippen LogP contribution is 2.21. The Bertz CT molecular complexity index is 962. The minimum atomic E-state index is -3.76. The zero-order valence-electron chi connectivity index (χ0n) is 14.2. The van der Waals surface area contributed by atoms with Crippen LogP contribution < -0.4 is 4.72 Å². The van der Waals surface area contributed by atoms with Crippen LogP contribution in [0.4, 0.5) is 0 Å². The lowest BCUT2D eigenvalue weighted by Crippen LogP contribution is -2.24. The molecule has 0 aromatic carbocycles. The van der Waals surface area contributed by atoms with Gasteiger partial charge in [0.1, 0.15) is 11.5 Å². The molecule has 3 aromatic heterocycles. The largest absolute Gasteiger partial charge is 0.463 e. The molecule has 0 spiro atoms. The Morgan fingerprint density at radius 3 is 2.68 bits per heavy atom. The van der Waals surface area contributed by atoms with E-state index in [1.807, 2.05) is 13.8 Å². The van der Waals surface area contributed by atoms with Gasteiger partial charge in [0.2, 0.25) is 0 Å². The molecule has 0 amide bonds. The number of hydrogen-bond acceptors (Lipinski definition) is 6. The summed E-state index contributed by atoms with van der Waals surface area (Å²) in [6, 6.07) is 3.48. The van der Waals surface area contributed by atoms with Crippen LogP contribution in [-0.2, 0) is 23.6 Å². The zero-order chi connectivity index (χ0) is 18.0. The van der Waals surface area contributed by atoms with Gasteiger partial charge in [0.05, 0.1) is 18.5 Å². The average molecular weight is 361 g/mol. The summed E-state index contributed by atoms with van der Waals surface area (Å²) in [5.74, 6) is 1.36. The minimum Gasteiger partial charge on any atom is -0.463 e. The van der Waals surface area contributed by atoms with Crippen molar-refractivity contribution in [1.29, 1.82) is 0 Å². The molecule has 0 aliphatic carbocycles. The van der Waals surface area contributed by atoms with E-state index in [0.29, 0.717) is 23.0 Å². The van der Waals surface area contributed by atoms with E-state index in [0.717, 1.165) is 0 Å². The lowest BCUT2D eigenvalue weighted by molar-refractivity contribution is 0.571. The molecule has 9 heteroatoms. The van der Waals surface area contributed by atoms with E-state index >= 15 is 0 Å². The molecule has 3 heterocycles. The maximum Gasteiger partial charge on any atom is 0.259 e. The molecule has 0 radical (unpaired) electrons. The predicted molar refractivity (Wildman–Crippen MR) is 91.1 cm³/mol. The molecule has 0 saturated carbocycles. The first-order chi connectivity index (χ1) is 11.9. The summed E-state index contributed by atoms with van der Waals surface area (Å²) >= 11 is 0. The average Bonchev–Trinajstić information content (AvgIpc) is 3.23. The van der Waals surface area contributed by atoms with Crippen LogP contribution in [0, 0.1) is 0 Å². The Morgan fingerprint density at radius 2 is 2.04 bits per heavy atom. The number of imidazole rings is 1. The van der Waals surface area contributed by atoms with E-state index in [-0.39, 0.29) is 17.5 Å². The molecular formula is C16H19N5O3S. The lowest BCUT2D eigenvalue weighted by atomic mass is 10.2. The predicted octanol–water partition coefficient (Wildman–Crippen LogP) is 2.07. The summed E-state index contributed by atoms with van der Waals surface area (Å²) in [6.45, 7) is 3.91. The SMILES string of the molecule is CC(C)c1nc(S(=O)(=O)NCc2nccnc2-c2ccco2)cn1C. The standard InChI is InChI=1S/C16H19N5O3S/c1-11(2)16-20-14(10-21(16)3)25(22,23)19-9-12-15(18-7-6-17-12)13-5-4-8-24-13/h4-8,10-11,19H,9H2,1-3H3. The summed E-state index contributed by atoms with van der Waals surface area (Å²) in [6.07, 6.45) is 6.07. The van der Waals surface area contributed by atoms with E-state index in [2.05, 4.69) is 19.7 Å². The molecular weight excluding hydrogens is 342 g/mol. The van der Waals surface area contributed by atoms with Crippen LogP contribution in [0.15, 0.2) is 46.4 Å². The van der Waals surface area contributed by atoms with Gasteiger partial charge in [0.15, 0.2) is 10.8 Å². The maximum absolute atomic E-state index is 12.5. The first-order valence-electron chi connectivity index (χ1n) is 7.75. The van der Waals surface area contributed by atoms with Gasteiger partial charge in [-0.3, -0.25) is 4.98 Å². The first-order valence-corrected chi connectivity index (χ1v) is 9.23. The Labute approximate surface area is 146 Å². The molecule has 0 bridgehead atoms. The third-order valence-corrected chi connectivity index (χ3v) is 4.91. The Hall–Kier alpha value is -2.52. The number of nitrogens with zero attached hydrogens (tertiary/aromatic N) is 4. The lowest BCUT2D eigenvalue weighted by Gasteiger charge is -2.07. The van der Waals surface area contributed by atoms with E-state index in [9.17, 15) is 8.42 Å². The molecule has 0 fully saturated rings. The topological polar surface area (TPSA) is 103 Å². The Balaban J connectivity index is 1.83. The summed E-state index contributed by atoms with van der Waals surface area (Å²) in [7, 11) is -1.98. The highest BCUT2D eigenvalue weighted by molar-refractivity contribution is 7.89. The molecule has 3 aromatic rings. The van der Waals surface area contributed by atoms with Crippen LogP contribution in [-0.4, -0.2) is 27.9 Å². The number of furan rings is 1. The molecule has 0 aliphatic rings.